The summed E-state index contributed by atoms with van der Waals surface area (Å²) in [7, 11) is 1.56. The van der Waals surface area contributed by atoms with Gasteiger partial charge in [0.2, 0.25) is 0 Å². The van der Waals surface area contributed by atoms with Gasteiger partial charge in [-0.2, -0.15) is 0 Å². The number of nitrogens with zero attached hydrogens (tertiary/aromatic N) is 2. The van der Waals surface area contributed by atoms with Crippen LogP contribution in [0.5, 0.6) is 11.5 Å². The quantitative estimate of drug-likeness (QED) is 0.199. The van der Waals surface area contributed by atoms with E-state index in [1.54, 1.807) is 44.4 Å². The molecule has 0 saturated carbocycles. The Bertz CT molecular complexity index is 2050. The number of carbonyl (C=O) groups is 1. The molecule has 0 radical (unpaired) electrons. The van der Waals surface area contributed by atoms with Gasteiger partial charge in [-0.15, -0.1) is 0 Å². The number of thiazole rings is 1. The van der Waals surface area contributed by atoms with Crippen LogP contribution < -0.4 is 24.4 Å². The molecule has 1 atom stereocenters. The molecule has 2 heterocycles. The summed E-state index contributed by atoms with van der Waals surface area (Å²) in [5.74, 6) is 0.0660. The Kier molecular flexibility index (Phi) is 8.70. The van der Waals surface area contributed by atoms with Gasteiger partial charge in [0.05, 0.1) is 35.6 Å². The average Bonchev–Trinajstić information content (AvgIpc) is 3.38. The van der Waals surface area contributed by atoms with E-state index in [1.807, 2.05) is 66.7 Å². The summed E-state index contributed by atoms with van der Waals surface area (Å²) in [5, 5.41) is 0. The maximum Gasteiger partial charge on any atom is 0.338 e. The molecular weight excluding hydrogens is 591 g/mol. The highest BCUT2D eigenvalue weighted by molar-refractivity contribution is 7.07. The summed E-state index contributed by atoms with van der Waals surface area (Å²) in [5.41, 5.74) is 3.25. The Labute approximate surface area is 262 Å². The second-order valence-electron chi connectivity index (χ2n) is 10.2. The third-order valence-electron chi connectivity index (χ3n) is 7.28. The molecule has 0 amide bonds. The predicted octanol–water partition coefficient (Wildman–Crippen LogP) is 5.66. The number of hydrogen-bond donors (Lipinski definition) is 0. The van der Waals surface area contributed by atoms with E-state index in [2.05, 4.69) is 0 Å². The van der Waals surface area contributed by atoms with Crippen molar-refractivity contribution in [2.75, 3.05) is 13.7 Å². The van der Waals surface area contributed by atoms with Crippen LogP contribution in [0.2, 0.25) is 0 Å². The van der Waals surface area contributed by atoms with E-state index >= 15 is 0 Å². The van der Waals surface area contributed by atoms with Gasteiger partial charge in [-0.05, 0) is 54.0 Å². The summed E-state index contributed by atoms with van der Waals surface area (Å²) >= 11 is 1.20. The minimum absolute atomic E-state index is 0.137. The van der Waals surface area contributed by atoms with Crippen LogP contribution in [0.4, 0.5) is 4.39 Å². The lowest BCUT2D eigenvalue weighted by molar-refractivity contribution is -0.138. The van der Waals surface area contributed by atoms with Crippen molar-refractivity contribution in [2.24, 2.45) is 4.99 Å². The molecule has 0 spiro atoms. The number of halogens is 1. The highest BCUT2D eigenvalue weighted by Gasteiger charge is 2.35. The van der Waals surface area contributed by atoms with E-state index in [9.17, 15) is 14.0 Å². The van der Waals surface area contributed by atoms with Crippen LogP contribution >= 0.6 is 11.3 Å². The van der Waals surface area contributed by atoms with E-state index in [4.69, 9.17) is 19.2 Å². The average molecular weight is 621 g/mol. The Balaban J connectivity index is 1.48. The topological polar surface area (TPSA) is 79.1 Å². The van der Waals surface area contributed by atoms with Gasteiger partial charge in [0, 0.05) is 5.56 Å². The first-order valence-corrected chi connectivity index (χ1v) is 15.2. The predicted molar refractivity (Wildman–Crippen MR) is 171 cm³/mol. The maximum atomic E-state index is 14.1. The van der Waals surface area contributed by atoms with Crippen LogP contribution in [-0.4, -0.2) is 24.3 Å². The number of aromatic nitrogens is 1. The third-order valence-corrected chi connectivity index (χ3v) is 8.26. The fraction of sp³-hybridized carbons (Fsp3) is 0.139. The first kappa shape index (κ1) is 29.8. The lowest BCUT2D eigenvalue weighted by Gasteiger charge is -2.25. The van der Waals surface area contributed by atoms with Crippen molar-refractivity contribution in [3.63, 3.8) is 0 Å². The molecule has 0 N–H and O–H groups in total. The molecule has 1 aliphatic rings. The smallest absolute Gasteiger partial charge is 0.338 e. The molecule has 6 rings (SSSR count). The fourth-order valence-electron chi connectivity index (χ4n) is 5.18. The normalized spacial score (nSPS) is 14.5. The Morgan fingerprint density at radius 1 is 0.956 bits per heavy atom. The lowest BCUT2D eigenvalue weighted by Crippen LogP contribution is -2.40. The van der Waals surface area contributed by atoms with E-state index in [1.165, 1.54) is 28.0 Å². The van der Waals surface area contributed by atoms with Crippen LogP contribution in [0.15, 0.2) is 118 Å². The van der Waals surface area contributed by atoms with Crippen molar-refractivity contribution >= 4 is 29.1 Å². The van der Waals surface area contributed by atoms with Gasteiger partial charge in [0.25, 0.3) is 5.56 Å². The van der Waals surface area contributed by atoms with Crippen LogP contribution in [-0.2, 0) is 16.1 Å². The zero-order valence-corrected chi connectivity index (χ0v) is 25.4. The molecule has 1 aromatic heterocycles. The molecule has 9 heteroatoms. The monoisotopic (exact) mass is 620 g/mol. The fourth-order valence-corrected chi connectivity index (χ4v) is 6.18. The first-order valence-electron chi connectivity index (χ1n) is 14.4. The summed E-state index contributed by atoms with van der Waals surface area (Å²) in [4.78, 5) is 32.9. The van der Waals surface area contributed by atoms with Crippen LogP contribution in [0, 0.1) is 5.82 Å². The standard InChI is InChI=1S/C36H29FN2O5S/c1-3-43-35(41)31-32(25-12-8-5-9-13-25)38-36-39(33(31)26-15-17-27(37)18-16-26)34(40)30(45-36)21-24-14-19-28(29(20-24)42-2)44-22-23-10-6-4-7-11-23/h4-21,33H,3,22H2,1-2H3/b30-21-/t33-/m1/s1. The summed E-state index contributed by atoms with van der Waals surface area (Å²) in [6.45, 7) is 2.23. The summed E-state index contributed by atoms with van der Waals surface area (Å²) in [6, 6.07) is 29.4. The maximum absolute atomic E-state index is 14.1. The number of methoxy groups -OCH3 is 1. The van der Waals surface area contributed by atoms with Gasteiger partial charge in [-0.25, -0.2) is 14.2 Å². The Hall–Kier alpha value is -5.28. The molecular formula is C36H29FN2O5S. The number of fused-ring (bicyclic) bond motifs is 1. The second kappa shape index (κ2) is 13.2. The van der Waals surface area contributed by atoms with Gasteiger partial charge in [-0.3, -0.25) is 9.36 Å². The third kappa shape index (κ3) is 6.21. The van der Waals surface area contributed by atoms with Gasteiger partial charge >= 0.3 is 5.97 Å². The van der Waals surface area contributed by atoms with Crippen molar-refractivity contribution in [1.29, 1.82) is 0 Å². The van der Waals surface area contributed by atoms with Gasteiger partial charge in [0.1, 0.15) is 12.4 Å². The van der Waals surface area contributed by atoms with Gasteiger partial charge in [0.15, 0.2) is 16.3 Å². The zero-order chi connectivity index (χ0) is 31.3. The molecule has 0 bridgehead atoms. The number of carbonyl (C=O) groups excluding carboxylic acids is 1. The molecule has 5 aromatic rings. The van der Waals surface area contributed by atoms with Crippen molar-refractivity contribution < 1.29 is 23.4 Å². The minimum atomic E-state index is -0.887. The highest BCUT2D eigenvalue weighted by Crippen LogP contribution is 2.35. The Morgan fingerprint density at radius 2 is 1.67 bits per heavy atom. The first-order chi connectivity index (χ1) is 22.0. The zero-order valence-electron chi connectivity index (χ0n) is 24.6. The molecule has 226 valence electrons. The molecule has 0 aliphatic carbocycles. The van der Waals surface area contributed by atoms with Crippen molar-refractivity contribution in [3.05, 3.63) is 156 Å². The second-order valence-corrected chi connectivity index (χ2v) is 11.2. The van der Waals surface area contributed by atoms with E-state index in [0.29, 0.717) is 44.3 Å². The van der Waals surface area contributed by atoms with E-state index in [-0.39, 0.29) is 17.7 Å². The van der Waals surface area contributed by atoms with E-state index < -0.39 is 17.8 Å². The van der Waals surface area contributed by atoms with Gasteiger partial charge in [-0.1, -0.05) is 90.2 Å². The number of benzene rings is 4. The minimum Gasteiger partial charge on any atom is -0.493 e. The van der Waals surface area contributed by atoms with Crippen molar-refractivity contribution in [1.82, 2.24) is 4.57 Å². The summed E-state index contributed by atoms with van der Waals surface area (Å²) < 4.78 is 33.0. The number of rotatable bonds is 9. The van der Waals surface area contributed by atoms with Crippen LogP contribution in [0.25, 0.3) is 11.8 Å². The molecule has 0 unspecified atom stereocenters. The van der Waals surface area contributed by atoms with Crippen molar-refractivity contribution in [3.8, 4) is 11.5 Å². The van der Waals surface area contributed by atoms with Crippen LogP contribution in [0.1, 0.15) is 35.2 Å². The molecule has 7 nitrogen and oxygen atoms in total. The highest BCUT2D eigenvalue weighted by atomic mass is 32.1. The number of hydrogen-bond acceptors (Lipinski definition) is 7. The van der Waals surface area contributed by atoms with Gasteiger partial charge < -0.3 is 14.2 Å². The number of ether oxygens (including phenoxy) is 3. The summed E-state index contributed by atoms with van der Waals surface area (Å²) in [6.07, 6.45) is 1.76. The number of esters is 1. The molecule has 0 fully saturated rings. The van der Waals surface area contributed by atoms with E-state index in [0.717, 1.165) is 11.1 Å². The Morgan fingerprint density at radius 3 is 2.36 bits per heavy atom. The lowest BCUT2D eigenvalue weighted by atomic mass is 9.93. The van der Waals surface area contributed by atoms with Crippen LogP contribution in [0.3, 0.4) is 0 Å². The molecule has 45 heavy (non-hydrogen) atoms. The molecule has 0 saturated heterocycles. The van der Waals surface area contributed by atoms with Crippen molar-refractivity contribution in [2.45, 2.75) is 19.6 Å². The largest absolute Gasteiger partial charge is 0.493 e. The molecule has 1 aliphatic heterocycles. The molecule has 4 aromatic carbocycles. The SMILES string of the molecule is CCOC(=O)C1=C(c2ccccc2)N=c2s/c(=C\c3ccc(OCc4ccccc4)c(OC)c3)c(=O)n2[C@@H]1c1ccc(F)cc1.